The molecule has 1 atom stereocenters. The van der Waals surface area contributed by atoms with Gasteiger partial charge in [-0.3, -0.25) is 0 Å². The molecule has 17 heavy (non-hydrogen) atoms. The highest BCUT2D eigenvalue weighted by atomic mass is 16.5. The van der Waals surface area contributed by atoms with Gasteiger partial charge in [0.25, 0.3) is 0 Å². The Morgan fingerprint density at radius 3 is 2.65 bits per heavy atom. The molecule has 0 spiro atoms. The Morgan fingerprint density at radius 2 is 2.06 bits per heavy atom. The van der Waals surface area contributed by atoms with Gasteiger partial charge in [-0.25, -0.2) is 0 Å². The molecule has 96 valence electrons. The van der Waals surface area contributed by atoms with Crippen LogP contribution in [0.15, 0.2) is 24.3 Å². The first kappa shape index (κ1) is 13.8. The molecule has 1 aromatic rings. The molecule has 0 saturated carbocycles. The monoisotopic (exact) mass is 238 g/mol. The Balaban J connectivity index is 2.79. The molecule has 3 N–H and O–H groups in total. The van der Waals surface area contributed by atoms with E-state index in [0.29, 0.717) is 19.8 Å². The van der Waals surface area contributed by atoms with Crippen molar-refractivity contribution in [1.82, 2.24) is 0 Å². The van der Waals surface area contributed by atoms with Gasteiger partial charge < -0.3 is 20.5 Å². The highest BCUT2D eigenvalue weighted by Gasteiger charge is 2.23. The highest BCUT2D eigenvalue weighted by molar-refractivity contribution is 5.57. The van der Waals surface area contributed by atoms with E-state index in [-0.39, 0.29) is 5.54 Å². The predicted octanol–water partition coefficient (Wildman–Crippen LogP) is 1.86. The number of hydrogen-bond donors (Lipinski definition) is 2. The standard InChI is InChI=1S/C13H22N2O2/c1-4-17-10-13(2,9-14)15-11-7-5-6-8-12(11)16-3/h5-8,15H,4,9-10,14H2,1-3H3. The van der Waals surface area contributed by atoms with Crippen LogP contribution in [0.25, 0.3) is 0 Å². The lowest BCUT2D eigenvalue weighted by Gasteiger charge is -2.30. The number of nitrogens with one attached hydrogen (secondary N) is 1. The summed E-state index contributed by atoms with van der Waals surface area (Å²) in [7, 11) is 1.66. The molecule has 0 aliphatic heterocycles. The SMILES string of the molecule is CCOCC(C)(CN)Nc1ccccc1OC. The zero-order chi connectivity index (χ0) is 12.7. The Hall–Kier alpha value is -1.26. The van der Waals surface area contributed by atoms with Crippen LogP contribution in [0.1, 0.15) is 13.8 Å². The summed E-state index contributed by atoms with van der Waals surface area (Å²) in [6.07, 6.45) is 0. The van der Waals surface area contributed by atoms with Gasteiger partial charge in [-0.05, 0) is 26.0 Å². The van der Waals surface area contributed by atoms with Gasteiger partial charge in [-0.1, -0.05) is 12.1 Å². The van der Waals surface area contributed by atoms with Crippen molar-refractivity contribution in [2.75, 3.05) is 32.2 Å². The Morgan fingerprint density at radius 1 is 1.35 bits per heavy atom. The van der Waals surface area contributed by atoms with Crippen molar-refractivity contribution in [3.63, 3.8) is 0 Å². The second-order valence-electron chi connectivity index (χ2n) is 4.23. The maximum atomic E-state index is 5.80. The number of hydrogen-bond acceptors (Lipinski definition) is 4. The summed E-state index contributed by atoms with van der Waals surface area (Å²) in [5, 5.41) is 3.38. The lowest BCUT2D eigenvalue weighted by Crippen LogP contribution is -2.46. The second kappa shape index (κ2) is 6.47. The highest BCUT2D eigenvalue weighted by Crippen LogP contribution is 2.26. The predicted molar refractivity (Wildman–Crippen MR) is 70.6 cm³/mol. The molecule has 0 amide bonds. The molecule has 4 nitrogen and oxygen atoms in total. The van der Waals surface area contributed by atoms with E-state index in [1.807, 2.05) is 38.1 Å². The minimum atomic E-state index is -0.287. The van der Waals surface area contributed by atoms with Gasteiger partial charge in [0.15, 0.2) is 0 Å². The average Bonchev–Trinajstić information content (AvgIpc) is 2.37. The first-order valence-electron chi connectivity index (χ1n) is 5.84. The van der Waals surface area contributed by atoms with E-state index in [2.05, 4.69) is 5.32 Å². The van der Waals surface area contributed by atoms with E-state index in [0.717, 1.165) is 11.4 Å². The van der Waals surface area contributed by atoms with Gasteiger partial charge in [0.2, 0.25) is 0 Å². The van der Waals surface area contributed by atoms with E-state index in [1.54, 1.807) is 7.11 Å². The minimum absolute atomic E-state index is 0.287. The summed E-state index contributed by atoms with van der Waals surface area (Å²) in [5.74, 6) is 0.809. The number of rotatable bonds is 7. The third kappa shape index (κ3) is 3.91. The number of nitrogens with two attached hydrogens (primary N) is 1. The first-order chi connectivity index (χ1) is 8.15. The summed E-state index contributed by atoms with van der Waals surface area (Å²) >= 11 is 0. The van der Waals surface area contributed by atoms with Gasteiger partial charge in [0.05, 0.1) is 24.9 Å². The number of benzene rings is 1. The van der Waals surface area contributed by atoms with Crippen LogP contribution >= 0.6 is 0 Å². The molecular weight excluding hydrogens is 216 g/mol. The zero-order valence-corrected chi connectivity index (χ0v) is 10.8. The summed E-state index contributed by atoms with van der Waals surface area (Å²) in [4.78, 5) is 0. The molecule has 0 heterocycles. The van der Waals surface area contributed by atoms with Gasteiger partial charge in [-0.2, -0.15) is 0 Å². The molecule has 0 aliphatic carbocycles. The van der Waals surface area contributed by atoms with Gasteiger partial charge >= 0.3 is 0 Å². The van der Waals surface area contributed by atoms with Crippen LogP contribution in [0.4, 0.5) is 5.69 Å². The summed E-state index contributed by atoms with van der Waals surface area (Å²) in [5.41, 5.74) is 6.45. The summed E-state index contributed by atoms with van der Waals surface area (Å²) < 4.78 is 10.7. The van der Waals surface area contributed by atoms with Crippen molar-refractivity contribution in [1.29, 1.82) is 0 Å². The van der Waals surface area contributed by atoms with Crippen molar-refractivity contribution in [3.05, 3.63) is 24.3 Å². The molecule has 0 saturated heterocycles. The van der Waals surface area contributed by atoms with Gasteiger partial charge in [0.1, 0.15) is 5.75 Å². The smallest absolute Gasteiger partial charge is 0.141 e. The third-order valence-electron chi connectivity index (χ3n) is 2.62. The lowest BCUT2D eigenvalue weighted by atomic mass is 10.0. The summed E-state index contributed by atoms with van der Waals surface area (Å²) in [6, 6.07) is 7.79. The number of ether oxygens (including phenoxy) is 2. The fraction of sp³-hybridized carbons (Fsp3) is 0.538. The average molecular weight is 238 g/mol. The molecule has 0 radical (unpaired) electrons. The molecule has 0 aliphatic rings. The first-order valence-corrected chi connectivity index (χ1v) is 5.84. The van der Waals surface area contributed by atoms with Crippen molar-refractivity contribution >= 4 is 5.69 Å². The van der Waals surface area contributed by atoms with E-state index in [4.69, 9.17) is 15.2 Å². The van der Waals surface area contributed by atoms with Crippen LogP contribution in [0, 0.1) is 0 Å². The largest absolute Gasteiger partial charge is 0.495 e. The Kier molecular flexibility index (Phi) is 5.25. The topological polar surface area (TPSA) is 56.5 Å². The summed E-state index contributed by atoms with van der Waals surface area (Å²) in [6.45, 7) is 5.75. The van der Waals surface area contributed by atoms with Gasteiger partial charge in [0, 0.05) is 13.2 Å². The quantitative estimate of drug-likeness (QED) is 0.761. The van der Waals surface area contributed by atoms with E-state index >= 15 is 0 Å². The molecule has 1 unspecified atom stereocenters. The third-order valence-corrected chi connectivity index (χ3v) is 2.62. The van der Waals surface area contributed by atoms with Crippen molar-refractivity contribution in [3.8, 4) is 5.75 Å². The second-order valence-corrected chi connectivity index (χ2v) is 4.23. The number of anilines is 1. The fourth-order valence-electron chi connectivity index (χ4n) is 1.55. The van der Waals surface area contributed by atoms with E-state index in [1.165, 1.54) is 0 Å². The molecule has 0 bridgehead atoms. The molecule has 0 fully saturated rings. The van der Waals surface area contributed by atoms with Crippen LogP contribution in [0.5, 0.6) is 5.75 Å². The Bertz CT molecular complexity index is 344. The van der Waals surface area contributed by atoms with Crippen molar-refractivity contribution in [2.45, 2.75) is 19.4 Å². The number of methoxy groups -OCH3 is 1. The molecule has 4 heteroatoms. The van der Waals surface area contributed by atoms with Gasteiger partial charge in [-0.15, -0.1) is 0 Å². The Labute approximate surface area is 103 Å². The maximum absolute atomic E-state index is 5.80. The normalized spacial score (nSPS) is 14.1. The molecular formula is C13H22N2O2. The fourth-order valence-corrected chi connectivity index (χ4v) is 1.55. The van der Waals surface area contributed by atoms with Crippen LogP contribution in [-0.4, -0.2) is 32.4 Å². The van der Waals surface area contributed by atoms with Crippen LogP contribution in [0.3, 0.4) is 0 Å². The zero-order valence-electron chi connectivity index (χ0n) is 10.8. The van der Waals surface area contributed by atoms with Crippen molar-refractivity contribution < 1.29 is 9.47 Å². The maximum Gasteiger partial charge on any atom is 0.141 e. The molecule has 0 aromatic heterocycles. The van der Waals surface area contributed by atoms with Crippen LogP contribution < -0.4 is 15.8 Å². The van der Waals surface area contributed by atoms with E-state index < -0.39 is 0 Å². The molecule has 1 aromatic carbocycles. The number of para-hydroxylation sites is 2. The molecule has 1 rings (SSSR count). The minimum Gasteiger partial charge on any atom is -0.495 e. The van der Waals surface area contributed by atoms with Crippen LogP contribution in [0.2, 0.25) is 0 Å². The van der Waals surface area contributed by atoms with E-state index in [9.17, 15) is 0 Å². The van der Waals surface area contributed by atoms with Crippen LogP contribution in [-0.2, 0) is 4.74 Å². The van der Waals surface area contributed by atoms with Crippen molar-refractivity contribution in [2.24, 2.45) is 5.73 Å². The lowest BCUT2D eigenvalue weighted by molar-refractivity contribution is 0.111.